The minimum Gasteiger partial charge on any atom is -0.350 e. The molecule has 0 aromatic heterocycles. The first kappa shape index (κ1) is 15.8. The summed E-state index contributed by atoms with van der Waals surface area (Å²) < 4.78 is 0. The van der Waals surface area contributed by atoms with Crippen LogP contribution >= 0.6 is 0 Å². The molecule has 2 aliphatic heterocycles. The lowest BCUT2D eigenvalue weighted by Crippen LogP contribution is -2.56. The third-order valence-corrected chi connectivity index (χ3v) is 4.89. The highest BCUT2D eigenvalue weighted by Crippen LogP contribution is 2.23. The number of piperidine rings is 2. The normalized spacial score (nSPS) is 24.8. The Morgan fingerprint density at radius 3 is 2.25 bits per heavy atom. The number of carbonyl (C=O) groups excluding carboxylic acids is 1. The van der Waals surface area contributed by atoms with Crippen molar-refractivity contribution in [3.63, 3.8) is 0 Å². The molecule has 20 heavy (non-hydrogen) atoms. The van der Waals surface area contributed by atoms with Crippen LogP contribution in [0.4, 0.5) is 0 Å². The molecule has 2 heterocycles. The lowest BCUT2D eigenvalue weighted by molar-refractivity contribution is -0.124. The Morgan fingerprint density at radius 1 is 1.10 bits per heavy atom. The van der Waals surface area contributed by atoms with Gasteiger partial charge in [0, 0.05) is 24.7 Å². The third kappa shape index (κ3) is 4.45. The van der Waals surface area contributed by atoms with E-state index in [1.165, 1.54) is 19.3 Å². The molecule has 0 saturated carbocycles. The van der Waals surface area contributed by atoms with Crippen LogP contribution in [-0.4, -0.2) is 60.0 Å². The molecule has 0 atom stereocenters. The van der Waals surface area contributed by atoms with Gasteiger partial charge >= 0.3 is 0 Å². The molecule has 0 unspecified atom stereocenters. The van der Waals surface area contributed by atoms with Crippen molar-refractivity contribution in [3.8, 4) is 0 Å². The average Bonchev–Trinajstić information content (AvgIpc) is 2.39. The van der Waals surface area contributed by atoms with Gasteiger partial charge in [0.1, 0.15) is 0 Å². The third-order valence-electron chi connectivity index (χ3n) is 4.89. The molecule has 0 aliphatic carbocycles. The summed E-state index contributed by atoms with van der Waals surface area (Å²) >= 11 is 0. The van der Waals surface area contributed by atoms with E-state index in [1.54, 1.807) is 0 Å². The molecule has 0 aromatic rings. The van der Waals surface area contributed by atoms with Crippen LogP contribution in [0.3, 0.4) is 0 Å². The maximum atomic E-state index is 12.2. The average molecular weight is 281 g/mol. The van der Waals surface area contributed by atoms with Gasteiger partial charge in [-0.1, -0.05) is 6.42 Å². The highest BCUT2D eigenvalue weighted by molar-refractivity contribution is 5.78. The van der Waals surface area contributed by atoms with E-state index in [2.05, 4.69) is 35.9 Å². The molecule has 2 aliphatic rings. The fourth-order valence-corrected chi connectivity index (χ4v) is 3.36. The Kier molecular flexibility index (Phi) is 5.44. The summed E-state index contributed by atoms with van der Waals surface area (Å²) in [5, 5.41) is 3.29. The molecule has 0 aromatic carbocycles. The monoisotopic (exact) mass is 281 g/mol. The van der Waals surface area contributed by atoms with Gasteiger partial charge in [0.25, 0.3) is 0 Å². The van der Waals surface area contributed by atoms with Crippen LogP contribution in [0.2, 0.25) is 0 Å². The van der Waals surface area contributed by atoms with E-state index in [0.717, 1.165) is 39.0 Å². The predicted octanol–water partition coefficient (Wildman–Crippen LogP) is 1.85. The van der Waals surface area contributed by atoms with Crippen molar-refractivity contribution in [2.24, 2.45) is 0 Å². The number of carbonyl (C=O) groups is 1. The van der Waals surface area contributed by atoms with E-state index >= 15 is 0 Å². The Morgan fingerprint density at radius 2 is 1.70 bits per heavy atom. The Bertz CT molecular complexity index is 316. The van der Waals surface area contributed by atoms with E-state index in [1.807, 2.05) is 0 Å². The fraction of sp³-hybridized carbons (Fsp3) is 0.938. The zero-order valence-corrected chi connectivity index (χ0v) is 13.5. The summed E-state index contributed by atoms with van der Waals surface area (Å²) in [6.07, 6.45) is 5.94. The van der Waals surface area contributed by atoms with Crippen molar-refractivity contribution in [1.29, 1.82) is 0 Å². The Labute approximate surface area is 123 Å². The zero-order chi connectivity index (χ0) is 14.6. The standard InChI is InChI=1S/C16H31N3O/c1-14(2)19-11-7-16(3,8-12-19)17-15(20)13-18-9-5-4-6-10-18/h14H,4-13H2,1-3H3,(H,17,20). The highest BCUT2D eigenvalue weighted by Gasteiger charge is 2.32. The van der Waals surface area contributed by atoms with E-state index in [-0.39, 0.29) is 11.4 Å². The fourth-order valence-electron chi connectivity index (χ4n) is 3.36. The van der Waals surface area contributed by atoms with Crippen LogP contribution in [0.15, 0.2) is 0 Å². The smallest absolute Gasteiger partial charge is 0.234 e. The number of hydrogen-bond donors (Lipinski definition) is 1. The Balaban J connectivity index is 1.75. The SMILES string of the molecule is CC(C)N1CCC(C)(NC(=O)CN2CCCCC2)CC1. The summed E-state index contributed by atoms with van der Waals surface area (Å²) in [5.41, 5.74) is -0.00173. The summed E-state index contributed by atoms with van der Waals surface area (Å²) in [5.74, 6) is 0.215. The number of amides is 1. The van der Waals surface area contributed by atoms with Crippen LogP contribution in [0, 0.1) is 0 Å². The van der Waals surface area contributed by atoms with Gasteiger partial charge in [-0.2, -0.15) is 0 Å². The van der Waals surface area contributed by atoms with Crippen LogP contribution in [0.1, 0.15) is 52.9 Å². The van der Waals surface area contributed by atoms with Gasteiger partial charge < -0.3 is 10.2 Å². The number of rotatable bonds is 4. The number of nitrogens with zero attached hydrogens (tertiary/aromatic N) is 2. The van der Waals surface area contributed by atoms with Gasteiger partial charge in [-0.3, -0.25) is 9.69 Å². The molecule has 1 amide bonds. The van der Waals surface area contributed by atoms with Crippen molar-refractivity contribution in [3.05, 3.63) is 0 Å². The van der Waals surface area contributed by atoms with E-state index in [9.17, 15) is 4.79 Å². The van der Waals surface area contributed by atoms with Crippen molar-refractivity contribution in [1.82, 2.24) is 15.1 Å². The largest absolute Gasteiger partial charge is 0.350 e. The van der Waals surface area contributed by atoms with Crippen LogP contribution in [-0.2, 0) is 4.79 Å². The molecule has 0 bridgehead atoms. The zero-order valence-electron chi connectivity index (χ0n) is 13.5. The van der Waals surface area contributed by atoms with Crippen LogP contribution in [0.25, 0.3) is 0 Å². The summed E-state index contributed by atoms with van der Waals surface area (Å²) in [7, 11) is 0. The number of hydrogen-bond acceptors (Lipinski definition) is 3. The van der Waals surface area contributed by atoms with Crippen LogP contribution in [0.5, 0.6) is 0 Å². The topological polar surface area (TPSA) is 35.6 Å². The molecule has 2 rings (SSSR count). The molecule has 0 spiro atoms. The minimum absolute atomic E-state index is 0.00173. The molecular formula is C16H31N3O. The van der Waals surface area contributed by atoms with Gasteiger partial charge in [-0.25, -0.2) is 0 Å². The number of likely N-dealkylation sites (tertiary alicyclic amines) is 2. The molecule has 0 radical (unpaired) electrons. The summed E-state index contributed by atoms with van der Waals surface area (Å²) in [4.78, 5) is 17.0. The first-order valence-corrected chi connectivity index (χ1v) is 8.26. The van der Waals surface area contributed by atoms with Crippen molar-refractivity contribution in [2.45, 2.75) is 64.5 Å². The van der Waals surface area contributed by atoms with Gasteiger partial charge in [0.2, 0.25) is 5.91 Å². The van der Waals surface area contributed by atoms with E-state index in [0.29, 0.717) is 12.6 Å². The van der Waals surface area contributed by atoms with Crippen molar-refractivity contribution >= 4 is 5.91 Å². The summed E-state index contributed by atoms with van der Waals surface area (Å²) in [6.45, 7) is 11.7. The first-order valence-electron chi connectivity index (χ1n) is 8.26. The lowest BCUT2D eigenvalue weighted by atomic mass is 9.89. The molecule has 116 valence electrons. The number of nitrogens with one attached hydrogen (secondary N) is 1. The van der Waals surface area contributed by atoms with Gasteiger partial charge in [-0.05, 0) is 59.5 Å². The van der Waals surface area contributed by atoms with Gasteiger partial charge in [0.15, 0.2) is 0 Å². The second-order valence-corrected chi connectivity index (χ2v) is 7.08. The quantitative estimate of drug-likeness (QED) is 0.854. The van der Waals surface area contributed by atoms with Crippen molar-refractivity contribution < 1.29 is 4.79 Å². The maximum Gasteiger partial charge on any atom is 0.234 e. The second kappa shape index (κ2) is 6.90. The maximum absolute atomic E-state index is 12.2. The highest BCUT2D eigenvalue weighted by atomic mass is 16.2. The summed E-state index contributed by atoms with van der Waals surface area (Å²) in [6, 6.07) is 0.614. The van der Waals surface area contributed by atoms with Gasteiger partial charge in [-0.15, -0.1) is 0 Å². The van der Waals surface area contributed by atoms with E-state index < -0.39 is 0 Å². The molecular weight excluding hydrogens is 250 g/mol. The second-order valence-electron chi connectivity index (χ2n) is 7.08. The van der Waals surface area contributed by atoms with E-state index in [4.69, 9.17) is 0 Å². The predicted molar refractivity (Wildman–Crippen MR) is 82.8 cm³/mol. The molecule has 1 N–H and O–H groups in total. The lowest BCUT2D eigenvalue weighted by Gasteiger charge is -2.42. The first-order chi connectivity index (χ1) is 9.48. The molecule has 2 fully saturated rings. The van der Waals surface area contributed by atoms with Gasteiger partial charge in [0.05, 0.1) is 6.54 Å². The van der Waals surface area contributed by atoms with Crippen LogP contribution < -0.4 is 5.32 Å². The minimum atomic E-state index is -0.00173. The van der Waals surface area contributed by atoms with Crippen molar-refractivity contribution in [2.75, 3.05) is 32.7 Å². The molecule has 4 nitrogen and oxygen atoms in total. The Hall–Kier alpha value is -0.610. The molecule has 2 saturated heterocycles. The molecule has 4 heteroatoms.